The molecule has 0 N–H and O–H groups in total. The number of unbranched alkanes of at least 4 members (excludes halogenated alkanes) is 12. The molecule has 0 radical (unpaired) electrons. The molecule has 0 bridgehead atoms. The highest BCUT2D eigenvalue weighted by Crippen LogP contribution is 2.14. The molecule has 0 aliphatic carbocycles. The summed E-state index contributed by atoms with van der Waals surface area (Å²) in [5.41, 5.74) is 1.41. The summed E-state index contributed by atoms with van der Waals surface area (Å²) in [4.78, 5) is 0. The van der Waals surface area contributed by atoms with Gasteiger partial charge < -0.3 is 0 Å². The predicted octanol–water partition coefficient (Wildman–Crippen LogP) is 7.87. The van der Waals surface area contributed by atoms with E-state index in [0.29, 0.717) is 0 Å². The fourth-order valence-corrected chi connectivity index (χ4v) is 3.57. The number of nitrogens with zero attached hydrogens (tertiary/aromatic N) is 1. The van der Waals surface area contributed by atoms with Crippen LogP contribution in [0.25, 0.3) is 0 Å². The van der Waals surface area contributed by atoms with Crippen molar-refractivity contribution in [1.29, 1.82) is 0 Å². The van der Waals surface area contributed by atoms with Gasteiger partial charge in [0.15, 0.2) is 0 Å². The Morgan fingerprint density at radius 2 is 1.19 bits per heavy atom. The van der Waals surface area contributed by atoms with Crippen LogP contribution in [0.2, 0.25) is 0 Å². The SMILES string of the molecule is CCCCCCCCCCCCCCC=C[N+](C)(C)Cc1ccccc1. The second-order valence-corrected chi connectivity index (χ2v) is 8.48. The Balaban J connectivity index is 1.94. The fraction of sp³-hybridized carbons (Fsp3) is 0.680. The first-order valence-electron chi connectivity index (χ1n) is 11.2. The van der Waals surface area contributed by atoms with Crippen LogP contribution >= 0.6 is 0 Å². The summed E-state index contributed by atoms with van der Waals surface area (Å²) in [6, 6.07) is 10.8. The minimum absolute atomic E-state index is 0.933. The van der Waals surface area contributed by atoms with Crippen molar-refractivity contribution in [2.75, 3.05) is 14.1 Å². The number of hydrogen-bond donors (Lipinski definition) is 0. The molecule has 0 aliphatic heterocycles. The van der Waals surface area contributed by atoms with E-state index in [-0.39, 0.29) is 0 Å². The van der Waals surface area contributed by atoms with Crippen molar-refractivity contribution in [2.45, 2.75) is 96.9 Å². The fourth-order valence-electron chi connectivity index (χ4n) is 3.57. The number of quaternary nitrogens is 1. The van der Waals surface area contributed by atoms with Gasteiger partial charge in [-0.15, -0.1) is 0 Å². The highest BCUT2D eigenvalue weighted by molar-refractivity contribution is 5.13. The first-order valence-corrected chi connectivity index (χ1v) is 11.2. The van der Waals surface area contributed by atoms with E-state index in [1.807, 2.05) is 0 Å². The summed E-state index contributed by atoms with van der Waals surface area (Å²) in [6.07, 6.45) is 23.1. The van der Waals surface area contributed by atoms with Crippen LogP contribution in [0.4, 0.5) is 0 Å². The molecule has 0 aromatic heterocycles. The van der Waals surface area contributed by atoms with Crippen LogP contribution in [0.1, 0.15) is 96.0 Å². The summed E-state index contributed by atoms with van der Waals surface area (Å²) in [5.74, 6) is 0. The third-order valence-electron chi connectivity index (χ3n) is 5.17. The third kappa shape index (κ3) is 13.2. The molecule has 0 atom stereocenters. The van der Waals surface area contributed by atoms with Crippen LogP contribution in [0, 0.1) is 0 Å². The lowest BCUT2D eigenvalue weighted by Crippen LogP contribution is -2.32. The molecule has 1 aromatic rings. The first-order chi connectivity index (χ1) is 12.6. The molecule has 1 heteroatoms. The lowest BCUT2D eigenvalue weighted by atomic mass is 10.0. The second kappa shape index (κ2) is 15.0. The average Bonchev–Trinajstić information content (AvgIpc) is 2.62. The molecule has 148 valence electrons. The van der Waals surface area contributed by atoms with Crippen molar-refractivity contribution < 1.29 is 4.48 Å². The van der Waals surface area contributed by atoms with E-state index < -0.39 is 0 Å². The third-order valence-corrected chi connectivity index (χ3v) is 5.17. The smallest absolute Gasteiger partial charge is 0.108 e. The molecule has 1 rings (SSSR count). The largest absolute Gasteiger partial charge is 0.299 e. The van der Waals surface area contributed by atoms with Gasteiger partial charge in [0, 0.05) is 5.56 Å². The van der Waals surface area contributed by atoms with Gasteiger partial charge in [-0.25, -0.2) is 0 Å². The topological polar surface area (TPSA) is 0 Å². The normalized spacial score (nSPS) is 12.1. The average molecular weight is 359 g/mol. The first kappa shape index (κ1) is 23.0. The van der Waals surface area contributed by atoms with E-state index in [1.54, 1.807) is 0 Å². The van der Waals surface area contributed by atoms with Crippen molar-refractivity contribution in [1.82, 2.24) is 0 Å². The maximum absolute atomic E-state index is 2.39. The summed E-state index contributed by atoms with van der Waals surface area (Å²) < 4.78 is 0.933. The molecule has 26 heavy (non-hydrogen) atoms. The minimum Gasteiger partial charge on any atom is -0.299 e. The molecule has 0 unspecified atom stereocenters. The van der Waals surface area contributed by atoms with Crippen LogP contribution in [0.15, 0.2) is 42.6 Å². The Morgan fingerprint density at radius 1 is 0.692 bits per heavy atom. The number of hydrogen-bond acceptors (Lipinski definition) is 0. The number of benzene rings is 1. The number of allylic oxidation sites excluding steroid dienone is 1. The summed E-state index contributed by atoms with van der Waals surface area (Å²) in [6.45, 7) is 3.36. The summed E-state index contributed by atoms with van der Waals surface area (Å²) in [5, 5.41) is 0. The number of rotatable bonds is 16. The quantitative estimate of drug-likeness (QED) is 0.208. The van der Waals surface area contributed by atoms with Gasteiger partial charge in [0.1, 0.15) is 6.54 Å². The van der Waals surface area contributed by atoms with E-state index in [1.165, 1.54) is 89.0 Å². The molecule has 1 aromatic carbocycles. The van der Waals surface area contributed by atoms with Gasteiger partial charge in [-0.1, -0.05) is 108 Å². The monoisotopic (exact) mass is 358 g/mol. The van der Waals surface area contributed by atoms with E-state index in [4.69, 9.17) is 0 Å². The molecule has 0 amide bonds. The van der Waals surface area contributed by atoms with E-state index >= 15 is 0 Å². The van der Waals surface area contributed by atoms with Gasteiger partial charge >= 0.3 is 0 Å². The molecular weight excluding hydrogens is 314 g/mol. The van der Waals surface area contributed by atoms with Crippen LogP contribution in [0.3, 0.4) is 0 Å². The lowest BCUT2D eigenvalue weighted by Gasteiger charge is -2.25. The molecule has 0 spiro atoms. The Hall–Kier alpha value is -1.08. The van der Waals surface area contributed by atoms with Gasteiger partial charge in [0.05, 0.1) is 20.3 Å². The van der Waals surface area contributed by atoms with E-state index in [0.717, 1.165) is 11.0 Å². The molecule has 0 fully saturated rings. The Kier molecular flexibility index (Phi) is 13.3. The van der Waals surface area contributed by atoms with E-state index in [9.17, 15) is 0 Å². The second-order valence-electron chi connectivity index (χ2n) is 8.48. The minimum atomic E-state index is 0.933. The summed E-state index contributed by atoms with van der Waals surface area (Å²) >= 11 is 0. The maximum Gasteiger partial charge on any atom is 0.108 e. The maximum atomic E-state index is 2.39. The Morgan fingerprint density at radius 3 is 1.73 bits per heavy atom. The van der Waals surface area contributed by atoms with Crippen LogP contribution in [-0.4, -0.2) is 18.6 Å². The molecular formula is C25H44N+. The predicted molar refractivity (Wildman–Crippen MR) is 117 cm³/mol. The summed E-state index contributed by atoms with van der Waals surface area (Å²) in [7, 11) is 4.57. The van der Waals surface area contributed by atoms with Crippen molar-refractivity contribution in [3.63, 3.8) is 0 Å². The van der Waals surface area contributed by atoms with Gasteiger partial charge in [-0.05, 0) is 18.9 Å². The zero-order chi connectivity index (χ0) is 18.9. The van der Waals surface area contributed by atoms with E-state index in [2.05, 4.69) is 63.6 Å². The molecule has 0 heterocycles. The van der Waals surface area contributed by atoms with Crippen LogP contribution in [0.5, 0.6) is 0 Å². The van der Waals surface area contributed by atoms with Gasteiger partial charge in [0.2, 0.25) is 0 Å². The van der Waals surface area contributed by atoms with Crippen LogP contribution < -0.4 is 0 Å². The van der Waals surface area contributed by atoms with Crippen molar-refractivity contribution >= 4 is 0 Å². The highest BCUT2D eigenvalue weighted by Gasteiger charge is 2.11. The van der Waals surface area contributed by atoms with Gasteiger partial charge in [-0.3, -0.25) is 4.48 Å². The Bertz CT molecular complexity index is 446. The van der Waals surface area contributed by atoms with Crippen molar-refractivity contribution in [3.8, 4) is 0 Å². The lowest BCUT2D eigenvalue weighted by molar-refractivity contribution is -0.852. The van der Waals surface area contributed by atoms with Crippen molar-refractivity contribution in [3.05, 3.63) is 48.2 Å². The molecule has 0 aliphatic rings. The molecule has 1 nitrogen and oxygen atoms in total. The molecule has 0 saturated heterocycles. The van der Waals surface area contributed by atoms with Crippen LogP contribution in [-0.2, 0) is 6.54 Å². The zero-order valence-electron chi connectivity index (χ0n) is 17.9. The molecule has 0 saturated carbocycles. The van der Waals surface area contributed by atoms with Gasteiger partial charge in [-0.2, -0.15) is 0 Å². The van der Waals surface area contributed by atoms with Gasteiger partial charge in [0.25, 0.3) is 0 Å². The standard InChI is InChI=1S/C25H44N/c1-4-5-6-7-8-9-10-11-12-13-14-15-16-20-23-26(2,3)24-25-21-18-17-19-22-25/h17-23H,4-16,24H2,1-3H3/q+1. The highest BCUT2D eigenvalue weighted by atomic mass is 15.3. The van der Waals surface area contributed by atoms with Crippen molar-refractivity contribution in [2.24, 2.45) is 0 Å². The zero-order valence-corrected chi connectivity index (χ0v) is 17.9. The Labute approximate surface area is 164 Å².